The Balaban J connectivity index is 1.42. The Morgan fingerprint density at radius 1 is 1.11 bits per heavy atom. The molecule has 1 aliphatic rings. The largest absolute Gasteiger partial charge is 0.483 e. The molecule has 2 aromatic carbocycles. The monoisotopic (exact) mass is 374 g/mol. The van der Waals surface area contributed by atoms with E-state index in [1.165, 1.54) is 33.2 Å². The first-order valence-corrected chi connectivity index (χ1v) is 9.77. The van der Waals surface area contributed by atoms with Crippen molar-refractivity contribution in [2.75, 3.05) is 19.7 Å². The number of carbonyl (C=O) groups is 1. The zero-order chi connectivity index (χ0) is 19.7. The number of aromatic nitrogens is 1. The van der Waals surface area contributed by atoms with E-state index in [2.05, 4.69) is 42.4 Å². The fraction of sp³-hybridized carbons (Fsp3) is 0.292. The molecule has 144 valence electrons. The smallest absolute Gasteiger partial charge is 0.260 e. The molecule has 0 aliphatic carbocycles. The number of hydrogen-bond donors (Lipinski definition) is 1. The Morgan fingerprint density at radius 3 is 2.68 bits per heavy atom. The van der Waals surface area contributed by atoms with Crippen molar-refractivity contribution < 1.29 is 9.53 Å². The molecule has 2 heterocycles. The van der Waals surface area contributed by atoms with Gasteiger partial charge >= 0.3 is 0 Å². The molecule has 1 N–H and O–H groups in total. The summed E-state index contributed by atoms with van der Waals surface area (Å²) < 4.78 is 5.79. The van der Waals surface area contributed by atoms with Crippen LogP contribution in [-0.4, -0.2) is 35.5 Å². The van der Waals surface area contributed by atoms with Crippen molar-refractivity contribution in [3.63, 3.8) is 0 Å². The minimum absolute atomic E-state index is 0.0333. The molecule has 1 aliphatic heterocycles. The maximum atomic E-state index is 12.6. The van der Waals surface area contributed by atoms with E-state index in [0.717, 1.165) is 24.3 Å². The van der Waals surface area contributed by atoms with Crippen LogP contribution in [0, 0.1) is 20.8 Å². The van der Waals surface area contributed by atoms with Gasteiger partial charge in [0.15, 0.2) is 6.61 Å². The molecule has 0 fully saturated rings. The quantitative estimate of drug-likeness (QED) is 0.714. The molecule has 4 heteroatoms. The van der Waals surface area contributed by atoms with E-state index in [1.54, 1.807) is 0 Å². The molecule has 4 nitrogen and oxygen atoms in total. The number of aryl methyl sites for hydroxylation is 2. The van der Waals surface area contributed by atoms with E-state index in [9.17, 15) is 4.79 Å². The van der Waals surface area contributed by atoms with E-state index in [1.807, 2.05) is 36.9 Å². The Bertz CT molecular complexity index is 1060. The van der Waals surface area contributed by atoms with Gasteiger partial charge in [-0.05, 0) is 55.5 Å². The fourth-order valence-electron chi connectivity index (χ4n) is 3.82. The third kappa shape index (κ3) is 3.42. The van der Waals surface area contributed by atoms with Gasteiger partial charge in [-0.2, -0.15) is 0 Å². The van der Waals surface area contributed by atoms with Crippen LogP contribution in [0.2, 0.25) is 0 Å². The number of nitrogens with one attached hydrogen (secondary N) is 1. The van der Waals surface area contributed by atoms with Gasteiger partial charge in [-0.3, -0.25) is 4.79 Å². The summed E-state index contributed by atoms with van der Waals surface area (Å²) in [6, 6.07) is 12.3. The van der Waals surface area contributed by atoms with Gasteiger partial charge in [0.05, 0.1) is 0 Å². The summed E-state index contributed by atoms with van der Waals surface area (Å²) in [7, 11) is 0. The number of ether oxygens (including phenoxy) is 1. The average Bonchev–Trinajstić information content (AvgIpc) is 3.14. The normalized spacial score (nSPS) is 14.2. The Kier molecular flexibility index (Phi) is 4.95. The topological polar surface area (TPSA) is 45.3 Å². The molecule has 0 bridgehead atoms. The molecule has 28 heavy (non-hydrogen) atoms. The second-order valence-corrected chi connectivity index (χ2v) is 7.51. The summed E-state index contributed by atoms with van der Waals surface area (Å²) in [5.41, 5.74) is 7.25. The number of fused-ring (bicyclic) bond motifs is 1. The van der Waals surface area contributed by atoms with E-state index in [0.29, 0.717) is 6.54 Å². The molecule has 0 saturated carbocycles. The minimum Gasteiger partial charge on any atom is -0.483 e. The number of nitrogens with zero attached hydrogens (tertiary/aromatic N) is 1. The molecule has 4 rings (SSSR count). The van der Waals surface area contributed by atoms with Crippen molar-refractivity contribution in [1.82, 2.24) is 9.88 Å². The van der Waals surface area contributed by atoms with Crippen LogP contribution in [0.15, 0.2) is 48.7 Å². The van der Waals surface area contributed by atoms with Gasteiger partial charge in [-0.15, -0.1) is 0 Å². The zero-order valence-corrected chi connectivity index (χ0v) is 16.7. The lowest BCUT2D eigenvalue weighted by molar-refractivity contribution is -0.132. The number of rotatable bonds is 4. The van der Waals surface area contributed by atoms with Crippen LogP contribution in [0.3, 0.4) is 0 Å². The van der Waals surface area contributed by atoms with Crippen LogP contribution >= 0.6 is 0 Å². The standard InChI is InChI=1S/C24H26N2O2/c1-16-6-5-9-22(18(16)3)28-15-23(27)26-12-10-19(11-13-26)21-14-25-24-17(2)7-4-8-20(21)24/h4-10,14,25H,11-13,15H2,1-3H3. The number of hydrogen-bond acceptors (Lipinski definition) is 2. The summed E-state index contributed by atoms with van der Waals surface area (Å²) in [5, 5.41) is 1.25. The van der Waals surface area contributed by atoms with E-state index < -0.39 is 0 Å². The summed E-state index contributed by atoms with van der Waals surface area (Å²) in [4.78, 5) is 17.8. The third-order valence-electron chi connectivity index (χ3n) is 5.74. The molecule has 0 saturated heterocycles. The molecule has 0 unspecified atom stereocenters. The average molecular weight is 374 g/mol. The molecule has 3 aromatic rings. The first-order chi connectivity index (χ1) is 13.5. The van der Waals surface area contributed by atoms with Crippen LogP contribution in [0.4, 0.5) is 0 Å². The second kappa shape index (κ2) is 7.55. The summed E-state index contributed by atoms with van der Waals surface area (Å²) in [6.07, 6.45) is 5.12. The van der Waals surface area contributed by atoms with Gasteiger partial charge in [0.25, 0.3) is 5.91 Å². The number of H-pyrrole nitrogens is 1. The van der Waals surface area contributed by atoms with Crippen LogP contribution < -0.4 is 4.74 Å². The third-order valence-corrected chi connectivity index (χ3v) is 5.74. The Labute approximate surface area is 165 Å². The molecule has 1 amide bonds. The van der Waals surface area contributed by atoms with E-state index >= 15 is 0 Å². The zero-order valence-electron chi connectivity index (χ0n) is 16.7. The highest BCUT2D eigenvalue weighted by atomic mass is 16.5. The van der Waals surface area contributed by atoms with Gasteiger partial charge in [-0.1, -0.05) is 36.4 Å². The van der Waals surface area contributed by atoms with Crippen molar-refractivity contribution >= 4 is 22.4 Å². The van der Waals surface area contributed by atoms with Crippen molar-refractivity contribution in [3.8, 4) is 5.75 Å². The molecular weight excluding hydrogens is 348 g/mol. The van der Waals surface area contributed by atoms with Crippen LogP contribution in [0.1, 0.15) is 28.7 Å². The van der Waals surface area contributed by atoms with E-state index in [-0.39, 0.29) is 12.5 Å². The number of aromatic amines is 1. The van der Waals surface area contributed by atoms with Gasteiger partial charge in [-0.25, -0.2) is 0 Å². The highest BCUT2D eigenvalue weighted by Crippen LogP contribution is 2.30. The molecular formula is C24H26N2O2. The number of carbonyl (C=O) groups excluding carboxylic acids is 1. The van der Waals surface area contributed by atoms with Crippen LogP contribution in [-0.2, 0) is 4.79 Å². The van der Waals surface area contributed by atoms with Gasteiger partial charge in [0.2, 0.25) is 0 Å². The minimum atomic E-state index is 0.0333. The lowest BCUT2D eigenvalue weighted by atomic mass is 9.98. The Morgan fingerprint density at radius 2 is 1.89 bits per heavy atom. The summed E-state index contributed by atoms with van der Waals surface area (Å²) in [5.74, 6) is 0.821. The maximum Gasteiger partial charge on any atom is 0.260 e. The maximum absolute atomic E-state index is 12.6. The first kappa shape index (κ1) is 18.4. The highest BCUT2D eigenvalue weighted by molar-refractivity contribution is 5.94. The molecule has 0 radical (unpaired) electrons. The lowest BCUT2D eigenvalue weighted by Gasteiger charge is -2.26. The molecule has 1 aromatic heterocycles. The number of para-hydroxylation sites is 1. The number of amides is 1. The van der Waals surface area contributed by atoms with Crippen LogP contribution in [0.5, 0.6) is 5.75 Å². The van der Waals surface area contributed by atoms with E-state index in [4.69, 9.17) is 4.74 Å². The lowest BCUT2D eigenvalue weighted by Crippen LogP contribution is -2.37. The summed E-state index contributed by atoms with van der Waals surface area (Å²) >= 11 is 0. The molecule has 0 atom stereocenters. The Hall–Kier alpha value is -3.01. The highest BCUT2D eigenvalue weighted by Gasteiger charge is 2.20. The van der Waals surface area contributed by atoms with Crippen molar-refractivity contribution in [3.05, 3.63) is 70.9 Å². The van der Waals surface area contributed by atoms with Gasteiger partial charge < -0.3 is 14.6 Å². The summed E-state index contributed by atoms with van der Waals surface area (Å²) in [6.45, 7) is 7.62. The molecule has 0 spiro atoms. The predicted octanol–water partition coefficient (Wildman–Crippen LogP) is 4.79. The van der Waals surface area contributed by atoms with Crippen LogP contribution in [0.25, 0.3) is 16.5 Å². The van der Waals surface area contributed by atoms with Gasteiger partial charge in [0, 0.05) is 35.8 Å². The number of benzene rings is 2. The van der Waals surface area contributed by atoms with Crippen molar-refractivity contribution in [2.45, 2.75) is 27.2 Å². The van der Waals surface area contributed by atoms with Gasteiger partial charge in [0.1, 0.15) is 5.75 Å². The predicted molar refractivity (Wildman–Crippen MR) is 114 cm³/mol. The fourth-order valence-corrected chi connectivity index (χ4v) is 3.82. The van der Waals surface area contributed by atoms with Crippen molar-refractivity contribution in [2.24, 2.45) is 0 Å². The van der Waals surface area contributed by atoms with Crippen molar-refractivity contribution in [1.29, 1.82) is 0 Å². The SMILES string of the molecule is Cc1cccc(OCC(=O)N2CC=C(c3c[nH]c4c(C)cccc34)CC2)c1C. The first-order valence-electron chi connectivity index (χ1n) is 9.77. The second-order valence-electron chi connectivity index (χ2n) is 7.51.